The van der Waals surface area contributed by atoms with Gasteiger partial charge in [0.05, 0.1) is 9.95 Å². The van der Waals surface area contributed by atoms with E-state index in [1.165, 1.54) is 43.7 Å². The number of rotatable bonds is 6. The van der Waals surface area contributed by atoms with E-state index >= 15 is 0 Å². The molecule has 2 aromatic rings. The number of halogens is 3. The maximum absolute atomic E-state index is 12.4. The summed E-state index contributed by atoms with van der Waals surface area (Å²) in [5, 5.41) is 17.6. The molecule has 1 aromatic heterocycles. The standard InChI is InChI=1S/C15H15ClF2N4O4/c1-7-13(22(24)25)8(2)21(20-7)9(3)14(23)19-10-4-5-12(11(16)6-10)26-15(17)18/h4-6,9,15H,1-3H3,(H,19,23). The number of nitrogens with zero attached hydrogens (tertiary/aromatic N) is 3. The number of ether oxygens (including phenoxy) is 1. The van der Waals surface area contributed by atoms with Crippen LogP contribution in [0.25, 0.3) is 0 Å². The van der Waals surface area contributed by atoms with Gasteiger partial charge in [-0.2, -0.15) is 13.9 Å². The molecule has 0 spiro atoms. The largest absolute Gasteiger partial charge is 0.433 e. The average Bonchev–Trinajstić information content (AvgIpc) is 2.83. The Morgan fingerprint density at radius 2 is 2.08 bits per heavy atom. The minimum Gasteiger partial charge on any atom is -0.433 e. The summed E-state index contributed by atoms with van der Waals surface area (Å²) in [4.78, 5) is 22.9. The molecule has 0 radical (unpaired) electrons. The fourth-order valence-corrected chi connectivity index (χ4v) is 2.65. The highest BCUT2D eigenvalue weighted by molar-refractivity contribution is 6.32. The lowest BCUT2D eigenvalue weighted by atomic mass is 10.2. The van der Waals surface area contributed by atoms with Crippen molar-refractivity contribution >= 4 is 28.9 Å². The molecule has 1 unspecified atom stereocenters. The molecule has 1 heterocycles. The fraction of sp³-hybridized carbons (Fsp3) is 0.333. The van der Waals surface area contributed by atoms with E-state index in [4.69, 9.17) is 11.6 Å². The lowest BCUT2D eigenvalue weighted by Crippen LogP contribution is -2.25. The van der Waals surface area contributed by atoms with Crippen molar-refractivity contribution in [3.05, 3.63) is 44.7 Å². The van der Waals surface area contributed by atoms with Crippen molar-refractivity contribution < 1.29 is 23.2 Å². The van der Waals surface area contributed by atoms with Crippen molar-refractivity contribution in [2.45, 2.75) is 33.4 Å². The zero-order valence-electron chi connectivity index (χ0n) is 14.0. The van der Waals surface area contributed by atoms with Gasteiger partial charge in [-0.15, -0.1) is 0 Å². The number of carbonyl (C=O) groups excluding carboxylic acids is 1. The molecular weight excluding hydrogens is 374 g/mol. The van der Waals surface area contributed by atoms with Crippen LogP contribution >= 0.6 is 11.6 Å². The molecule has 140 valence electrons. The first-order chi connectivity index (χ1) is 12.1. The van der Waals surface area contributed by atoms with Crippen molar-refractivity contribution in [3.63, 3.8) is 0 Å². The maximum atomic E-state index is 12.4. The maximum Gasteiger partial charge on any atom is 0.387 e. The first kappa shape index (κ1) is 19.6. The van der Waals surface area contributed by atoms with Gasteiger partial charge in [-0.1, -0.05) is 11.6 Å². The number of nitrogens with one attached hydrogen (secondary N) is 1. The summed E-state index contributed by atoms with van der Waals surface area (Å²) in [7, 11) is 0. The number of alkyl halides is 2. The Hall–Kier alpha value is -2.75. The third kappa shape index (κ3) is 4.07. The Kier molecular flexibility index (Phi) is 5.76. The summed E-state index contributed by atoms with van der Waals surface area (Å²) >= 11 is 5.84. The van der Waals surface area contributed by atoms with Crippen LogP contribution in [0.2, 0.25) is 5.02 Å². The molecule has 0 fully saturated rings. The quantitative estimate of drug-likeness (QED) is 0.598. The molecule has 1 N–H and O–H groups in total. The van der Waals surface area contributed by atoms with Crippen LogP contribution in [0.1, 0.15) is 24.4 Å². The number of hydrogen-bond acceptors (Lipinski definition) is 5. The molecule has 0 aliphatic heterocycles. The molecule has 1 atom stereocenters. The first-order valence-corrected chi connectivity index (χ1v) is 7.75. The number of carbonyl (C=O) groups is 1. The van der Waals surface area contributed by atoms with Crippen LogP contribution in [-0.4, -0.2) is 27.2 Å². The zero-order valence-corrected chi connectivity index (χ0v) is 14.8. The highest BCUT2D eigenvalue weighted by atomic mass is 35.5. The second-order valence-electron chi connectivity index (χ2n) is 5.41. The molecule has 8 nitrogen and oxygen atoms in total. The normalized spacial score (nSPS) is 12.1. The number of aromatic nitrogens is 2. The van der Waals surface area contributed by atoms with Gasteiger partial charge in [0.15, 0.2) is 0 Å². The van der Waals surface area contributed by atoms with Crippen molar-refractivity contribution in [1.82, 2.24) is 9.78 Å². The van der Waals surface area contributed by atoms with Gasteiger partial charge in [0.2, 0.25) is 5.91 Å². The summed E-state index contributed by atoms with van der Waals surface area (Å²) in [6.45, 7) is 1.48. The number of aryl methyl sites for hydroxylation is 1. The number of anilines is 1. The second kappa shape index (κ2) is 7.65. The van der Waals surface area contributed by atoms with Crippen molar-refractivity contribution in [2.24, 2.45) is 0 Å². The molecule has 0 saturated heterocycles. The Morgan fingerprint density at radius 3 is 2.58 bits per heavy atom. The van der Waals surface area contributed by atoms with Crippen molar-refractivity contribution in [2.75, 3.05) is 5.32 Å². The van der Waals surface area contributed by atoms with Gasteiger partial charge in [0.1, 0.15) is 23.2 Å². The van der Waals surface area contributed by atoms with Crippen LogP contribution in [0.15, 0.2) is 18.2 Å². The minimum atomic E-state index is -3.02. The Balaban J connectivity index is 2.19. The van der Waals surface area contributed by atoms with Crippen LogP contribution in [0, 0.1) is 24.0 Å². The zero-order chi connectivity index (χ0) is 19.6. The molecule has 11 heteroatoms. The van der Waals surface area contributed by atoms with Crippen LogP contribution in [0.3, 0.4) is 0 Å². The number of amides is 1. The van der Waals surface area contributed by atoms with Crippen molar-refractivity contribution in [3.8, 4) is 5.75 Å². The average molecular weight is 389 g/mol. The van der Waals surface area contributed by atoms with Crippen LogP contribution in [-0.2, 0) is 4.79 Å². The van der Waals surface area contributed by atoms with Gasteiger partial charge in [0.25, 0.3) is 0 Å². The van der Waals surface area contributed by atoms with E-state index in [0.717, 1.165) is 0 Å². The monoisotopic (exact) mass is 388 g/mol. The SMILES string of the molecule is Cc1nn(C(C)C(=O)Nc2ccc(OC(F)F)c(Cl)c2)c(C)c1[N+](=O)[O-]. The van der Waals surface area contributed by atoms with Crippen molar-refractivity contribution in [1.29, 1.82) is 0 Å². The predicted molar refractivity (Wildman–Crippen MR) is 89.8 cm³/mol. The molecule has 0 aliphatic rings. The molecule has 1 amide bonds. The van der Waals surface area contributed by atoms with Crippen LogP contribution < -0.4 is 10.1 Å². The van der Waals surface area contributed by atoms with E-state index in [1.54, 1.807) is 0 Å². The van der Waals surface area contributed by atoms with Gasteiger partial charge in [-0.25, -0.2) is 0 Å². The Bertz CT molecular complexity index is 856. The Labute approximate surface area is 151 Å². The highest BCUT2D eigenvalue weighted by Crippen LogP contribution is 2.30. The smallest absolute Gasteiger partial charge is 0.387 e. The number of hydrogen-bond donors (Lipinski definition) is 1. The number of nitro groups is 1. The van der Waals surface area contributed by atoms with E-state index in [1.807, 2.05) is 0 Å². The van der Waals surface area contributed by atoms with Crippen LogP contribution in [0.5, 0.6) is 5.75 Å². The fourth-order valence-electron chi connectivity index (χ4n) is 2.42. The molecule has 0 aliphatic carbocycles. The molecule has 0 bridgehead atoms. The van der Waals surface area contributed by atoms with Crippen LogP contribution in [0.4, 0.5) is 20.2 Å². The summed E-state index contributed by atoms with van der Waals surface area (Å²) in [6.07, 6.45) is 0. The minimum absolute atomic E-state index is 0.0995. The second-order valence-corrected chi connectivity index (χ2v) is 5.82. The summed E-state index contributed by atoms with van der Waals surface area (Å²) < 4.78 is 29.9. The third-order valence-electron chi connectivity index (χ3n) is 3.63. The van der Waals surface area contributed by atoms with E-state index in [2.05, 4.69) is 15.2 Å². The van der Waals surface area contributed by atoms with Gasteiger partial charge in [0, 0.05) is 5.69 Å². The van der Waals surface area contributed by atoms with E-state index < -0.39 is 23.5 Å². The van der Waals surface area contributed by atoms with Gasteiger partial charge < -0.3 is 10.1 Å². The molecule has 26 heavy (non-hydrogen) atoms. The van der Waals surface area contributed by atoms with E-state index in [9.17, 15) is 23.7 Å². The summed E-state index contributed by atoms with van der Waals surface area (Å²) in [5.74, 6) is -0.731. The van der Waals surface area contributed by atoms with Gasteiger partial charge in [-0.3, -0.25) is 19.6 Å². The molecule has 0 saturated carbocycles. The lowest BCUT2D eigenvalue weighted by molar-refractivity contribution is -0.386. The number of benzene rings is 1. The molecule has 2 rings (SSSR count). The third-order valence-corrected chi connectivity index (χ3v) is 3.93. The molecular formula is C15H15ClF2N4O4. The lowest BCUT2D eigenvalue weighted by Gasteiger charge is -2.15. The van der Waals surface area contributed by atoms with E-state index in [-0.39, 0.29) is 33.5 Å². The topological polar surface area (TPSA) is 99.3 Å². The highest BCUT2D eigenvalue weighted by Gasteiger charge is 2.27. The first-order valence-electron chi connectivity index (χ1n) is 7.37. The Morgan fingerprint density at radius 1 is 1.42 bits per heavy atom. The summed E-state index contributed by atoms with van der Waals surface area (Å²) in [5.41, 5.74) is 0.545. The van der Waals surface area contributed by atoms with Gasteiger partial charge >= 0.3 is 12.3 Å². The van der Waals surface area contributed by atoms with E-state index in [0.29, 0.717) is 0 Å². The summed E-state index contributed by atoms with van der Waals surface area (Å²) in [6, 6.07) is 2.95. The predicted octanol–water partition coefficient (Wildman–Crippen LogP) is 3.86. The van der Waals surface area contributed by atoms with Gasteiger partial charge in [-0.05, 0) is 39.0 Å². The molecule has 1 aromatic carbocycles.